The minimum absolute atomic E-state index is 0.934. The lowest BCUT2D eigenvalue weighted by molar-refractivity contribution is 1.32. The average molecular weight is 122 g/mol. The standard InChI is InChI=1S/C7H10N2/c1-3-5-8-7-9-6-4-2/h5-7H,1,4H2,2H3. The molecular formula is C7H10N2. The van der Waals surface area contributed by atoms with Gasteiger partial charge in [-0.05, 0) is 6.42 Å². The van der Waals surface area contributed by atoms with Crippen molar-refractivity contribution in [2.45, 2.75) is 13.3 Å². The SMILES string of the molecule is C=C=CN=CN=CCC. The monoisotopic (exact) mass is 122 g/mol. The highest BCUT2D eigenvalue weighted by Crippen LogP contribution is 1.69. The molecule has 0 spiro atoms. The number of nitrogens with zero attached hydrogens (tertiary/aromatic N) is 2. The van der Waals surface area contributed by atoms with E-state index in [4.69, 9.17) is 0 Å². The fourth-order valence-electron chi connectivity index (χ4n) is 0.277. The van der Waals surface area contributed by atoms with Crippen LogP contribution in [0.4, 0.5) is 0 Å². The lowest BCUT2D eigenvalue weighted by Gasteiger charge is -1.72. The normalized spacial score (nSPS) is 10.3. The lowest BCUT2D eigenvalue weighted by Crippen LogP contribution is -1.67. The molecule has 0 amide bonds. The predicted octanol–water partition coefficient (Wildman–Crippen LogP) is 1.79. The number of hydrogen-bond acceptors (Lipinski definition) is 1. The zero-order chi connectivity index (χ0) is 6.95. The largest absolute Gasteiger partial charge is 0.249 e. The molecule has 0 rings (SSSR count). The third-order valence-corrected chi connectivity index (χ3v) is 0.587. The first kappa shape index (κ1) is 7.86. The van der Waals surface area contributed by atoms with E-state index in [9.17, 15) is 0 Å². The van der Waals surface area contributed by atoms with Gasteiger partial charge in [0, 0.05) is 6.21 Å². The van der Waals surface area contributed by atoms with E-state index >= 15 is 0 Å². The average Bonchev–Trinajstić information content (AvgIpc) is 1.89. The van der Waals surface area contributed by atoms with E-state index in [1.807, 2.05) is 6.92 Å². The van der Waals surface area contributed by atoms with E-state index < -0.39 is 0 Å². The molecule has 0 unspecified atom stereocenters. The van der Waals surface area contributed by atoms with Crippen LogP contribution < -0.4 is 0 Å². The molecule has 0 aromatic rings. The Morgan fingerprint density at radius 2 is 2.33 bits per heavy atom. The van der Waals surface area contributed by atoms with Crippen LogP contribution in [0.25, 0.3) is 0 Å². The molecule has 0 radical (unpaired) electrons. The Kier molecular flexibility index (Phi) is 5.99. The number of aliphatic imine (C=N–C) groups is 2. The summed E-state index contributed by atoms with van der Waals surface area (Å²) in [6, 6.07) is 0. The first-order chi connectivity index (χ1) is 4.41. The van der Waals surface area contributed by atoms with E-state index in [0.717, 1.165) is 6.42 Å². The maximum absolute atomic E-state index is 3.81. The van der Waals surface area contributed by atoms with Crippen molar-refractivity contribution in [1.29, 1.82) is 0 Å². The molecule has 2 heteroatoms. The van der Waals surface area contributed by atoms with Gasteiger partial charge in [0.15, 0.2) is 0 Å². The van der Waals surface area contributed by atoms with E-state index in [1.165, 1.54) is 12.5 Å². The summed E-state index contributed by atoms with van der Waals surface area (Å²) in [5, 5.41) is 0. The predicted molar refractivity (Wildman–Crippen MR) is 41.0 cm³/mol. The first-order valence-corrected chi connectivity index (χ1v) is 2.79. The Morgan fingerprint density at radius 1 is 1.56 bits per heavy atom. The Balaban J connectivity index is 3.46. The van der Waals surface area contributed by atoms with Gasteiger partial charge in [0.1, 0.15) is 6.34 Å². The Bertz CT molecular complexity index is 150. The summed E-state index contributed by atoms with van der Waals surface area (Å²) < 4.78 is 0. The van der Waals surface area contributed by atoms with Crippen LogP contribution in [0.2, 0.25) is 0 Å². The third-order valence-electron chi connectivity index (χ3n) is 0.587. The molecule has 0 atom stereocenters. The summed E-state index contributed by atoms with van der Waals surface area (Å²) in [6.45, 7) is 5.35. The lowest BCUT2D eigenvalue weighted by atomic mass is 10.5. The molecule has 9 heavy (non-hydrogen) atoms. The van der Waals surface area contributed by atoms with Crippen LogP contribution in [0, 0.1) is 0 Å². The fourth-order valence-corrected chi connectivity index (χ4v) is 0.277. The zero-order valence-corrected chi connectivity index (χ0v) is 5.54. The van der Waals surface area contributed by atoms with Gasteiger partial charge in [0.05, 0.1) is 6.20 Å². The van der Waals surface area contributed by atoms with Crippen molar-refractivity contribution in [3.63, 3.8) is 0 Å². The second kappa shape index (κ2) is 6.86. The summed E-state index contributed by atoms with van der Waals surface area (Å²) in [7, 11) is 0. The topological polar surface area (TPSA) is 24.7 Å². The van der Waals surface area contributed by atoms with Gasteiger partial charge in [-0.25, -0.2) is 9.98 Å². The smallest absolute Gasteiger partial charge is 0.115 e. The summed E-state index contributed by atoms with van der Waals surface area (Å²) in [5.41, 5.74) is 2.50. The molecule has 0 saturated carbocycles. The molecule has 0 aliphatic rings. The molecule has 0 fully saturated rings. The number of rotatable bonds is 3. The summed E-state index contributed by atoms with van der Waals surface area (Å²) in [5.74, 6) is 0. The van der Waals surface area contributed by atoms with Gasteiger partial charge in [0.25, 0.3) is 0 Å². The first-order valence-electron chi connectivity index (χ1n) is 2.79. The van der Waals surface area contributed by atoms with Crippen LogP contribution in [0.5, 0.6) is 0 Å². The van der Waals surface area contributed by atoms with Crippen molar-refractivity contribution in [3.05, 3.63) is 18.5 Å². The van der Waals surface area contributed by atoms with Crippen molar-refractivity contribution >= 4 is 12.6 Å². The second-order valence-corrected chi connectivity index (χ2v) is 1.34. The van der Waals surface area contributed by atoms with Gasteiger partial charge in [-0.2, -0.15) is 0 Å². The van der Waals surface area contributed by atoms with Crippen molar-refractivity contribution in [2.24, 2.45) is 9.98 Å². The highest BCUT2D eigenvalue weighted by molar-refractivity contribution is 5.72. The molecular weight excluding hydrogens is 112 g/mol. The maximum atomic E-state index is 3.81. The fraction of sp³-hybridized carbons (Fsp3) is 0.286. The minimum atomic E-state index is 0.934. The summed E-state index contributed by atoms with van der Waals surface area (Å²) >= 11 is 0. The summed E-state index contributed by atoms with van der Waals surface area (Å²) in [4.78, 5) is 7.52. The van der Waals surface area contributed by atoms with Crippen molar-refractivity contribution < 1.29 is 0 Å². The molecule has 0 aromatic carbocycles. The maximum Gasteiger partial charge on any atom is 0.115 e. The summed E-state index contributed by atoms with van der Waals surface area (Å²) in [6.07, 6.45) is 5.64. The van der Waals surface area contributed by atoms with Crippen LogP contribution in [0.1, 0.15) is 13.3 Å². The van der Waals surface area contributed by atoms with E-state index in [1.54, 1.807) is 6.21 Å². The molecule has 0 saturated heterocycles. The Hall–Kier alpha value is -1.14. The number of hydrogen-bond donors (Lipinski definition) is 0. The van der Waals surface area contributed by atoms with Crippen molar-refractivity contribution in [1.82, 2.24) is 0 Å². The van der Waals surface area contributed by atoms with Gasteiger partial charge in [-0.15, -0.1) is 5.73 Å². The van der Waals surface area contributed by atoms with E-state index in [-0.39, 0.29) is 0 Å². The minimum Gasteiger partial charge on any atom is -0.249 e. The zero-order valence-electron chi connectivity index (χ0n) is 5.54. The van der Waals surface area contributed by atoms with Crippen LogP contribution >= 0.6 is 0 Å². The van der Waals surface area contributed by atoms with Gasteiger partial charge in [-0.3, -0.25) is 0 Å². The third kappa shape index (κ3) is 6.86. The molecule has 0 aromatic heterocycles. The second-order valence-electron chi connectivity index (χ2n) is 1.34. The van der Waals surface area contributed by atoms with Crippen molar-refractivity contribution in [2.75, 3.05) is 0 Å². The van der Waals surface area contributed by atoms with E-state index in [0.29, 0.717) is 0 Å². The molecule has 2 nitrogen and oxygen atoms in total. The van der Waals surface area contributed by atoms with Gasteiger partial charge >= 0.3 is 0 Å². The Labute approximate surface area is 55.3 Å². The molecule has 0 aliphatic heterocycles. The van der Waals surface area contributed by atoms with Gasteiger partial charge in [0.2, 0.25) is 0 Å². The highest BCUT2D eigenvalue weighted by atomic mass is 14.8. The quantitative estimate of drug-likeness (QED) is 0.310. The van der Waals surface area contributed by atoms with E-state index in [2.05, 4.69) is 22.3 Å². The van der Waals surface area contributed by atoms with Crippen LogP contribution in [-0.2, 0) is 0 Å². The van der Waals surface area contributed by atoms with Crippen LogP contribution in [0.15, 0.2) is 28.5 Å². The van der Waals surface area contributed by atoms with Crippen molar-refractivity contribution in [3.8, 4) is 0 Å². The van der Waals surface area contributed by atoms with Crippen LogP contribution in [0.3, 0.4) is 0 Å². The molecule has 0 N–H and O–H groups in total. The van der Waals surface area contributed by atoms with Gasteiger partial charge in [-0.1, -0.05) is 13.5 Å². The molecule has 48 valence electrons. The van der Waals surface area contributed by atoms with Crippen LogP contribution in [-0.4, -0.2) is 12.6 Å². The highest BCUT2D eigenvalue weighted by Gasteiger charge is 1.60. The molecule has 0 aliphatic carbocycles. The molecule has 0 heterocycles. The Morgan fingerprint density at radius 3 is 2.89 bits per heavy atom. The van der Waals surface area contributed by atoms with Gasteiger partial charge < -0.3 is 0 Å². The molecule has 0 bridgehead atoms.